The van der Waals surface area contributed by atoms with E-state index in [9.17, 15) is 4.79 Å². The van der Waals surface area contributed by atoms with Gasteiger partial charge in [-0.1, -0.05) is 0 Å². The Hall–Kier alpha value is -1.19. The van der Waals surface area contributed by atoms with E-state index >= 15 is 0 Å². The third-order valence-corrected chi connectivity index (χ3v) is 3.41. The van der Waals surface area contributed by atoms with Crippen LogP contribution in [0.3, 0.4) is 0 Å². The molecule has 0 radical (unpaired) electrons. The molecule has 0 spiro atoms. The zero-order valence-electron chi connectivity index (χ0n) is 7.78. The highest BCUT2D eigenvalue weighted by Gasteiger charge is 2.09. The van der Waals surface area contributed by atoms with Gasteiger partial charge in [0, 0.05) is 10.3 Å². The van der Waals surface area contributed by atoms with Gasteiger partial charge in [-0.15, -0.1) is 11.3 Å². The predicted molar refractivity (Wildman–Crippen MR) is 57.9 cm³/mol. The summed E-state index contributed by atoms with van der Waals surface area (Å²) in [5.74, 6) is 0. The summed E-state index contributed by atoms with van der Waals surface area (Å²) in [4.78, 5) is 10.9. The molecule has 0 aliphatic rings. The molecule has 0 aliphatic heterocycles. The maximum Gasteiger partial charge on any atom is 0.151 e. The maximum atomic E-state index is 10.9. The summed E-state index contributed by atoms with van der Waals surface area (Å²) >= 11 is 1.56. The number of hydrogen-bond acceptors (Lipinski definition) is 3. The molecule has 0 atom stereocenters. The summed E-state index contributed by atoms with van der Waals surface area (Å²) < 4.78 is 1.01. The number of carbonyl (C=O) groups is 1. The van der Waals surface area contributed by atoms with Gasteiger partial charge in [-0.3, -0.25) is 4.79 Å². The quantitative estimate of drug-likeness (QED) is 0.766. The van der Waals surface area contributed by atoms with Crippen molar-refractivity contribution in [2.24, 2.45) is 0 Å². The van der Waals surface area contributed by atoms with E-state index in [1.165, 1.54) is 0 Å². The standard InChI is InChI=1S/C11H10O2S/c1-7-9(5-12)4-8-2-3-14-11(8)10(7)6-13/h2-4,6,12H,5H2,1H3. The van der Waals surface area contributed by atoms with Gasteiger partial charge in [-0.25, -0.2) is 0 Å². The normalized spacial score (nSPS) is 10.7. The van der Waals surface area contributed by atoms with Crippen molar-refractivity contribution in [2.45, 2.75) is 13.5 Å². The molecule has 1 aromatic carbocycles. The molecule has 72 valence electrons. The molecule has 3 heteroatoms. The molecule has 0 fully saturated rings. The van der Waals surface area contributed by atoms with E-state index in [1.54, 1.807) is 11.3 Å². The molecule has 0 unspecified atom stereocenters. The molecule has 2 aromatic rings. The molecular formula is C11H10O2S. The summed E-state index contributed by atoms with van der Waals surface area (Å²) in [5.41, 5.74) is 2.43. The Balaban J connectivity index is 2.87. The molecular weight excluding hydrogens is 196 g/mol. The first-order valence-electron chi connectivity index (χ1n) is 4.33. The lowest BCUT2D eigenvalue weighted by molar-refractivity contribution is 0.112. The van der Waals surface area contributed by atoms with Crippen LogP contribution in [-0.2, 0) is 6.61 Å². The van der Waals surface area contributed by atoms with Gasteiger partial charge in [0.05, 0.1) is 6.61 Å². The number of aliphatic hydroxyl groups is 1. The van der Waals surface area contributed by atoms with Crippen LogP contribution in [0.5, 0.6) is 0 Å². The van der Waals surface area contributed by atoms with Gasteiger partial charge in [0.25, 0.3) is 0 Å². The molecule has 0 bridgehead atoms. The monoisotopic (exact) mass is 206 g/mol. The highest BCUT2D eigenvalue weighted by molar-refractivity contribution is 7.17. The number of aliphatic hydroxyl groups excluding tert-OH is 1. The Morgan fingerprint density at radius 2 is 2.36 bits per heavy atom. The lowest BCUT2D eigenvalue weighted by Gasteiger charge is -2.06. The number of fused-ring (bicyclic) bond motifs is 1. The third kappa shape index (κ3) is 1.25. The summed E-state index contributed by atoms with van der Waals surface area (Å²) in [5, 5.41) is 12.1. The van der Waals surface area contributed by atoms with Crippen LogP contribution < -0.4 is 0 Å². The number of carbonyl (C=O) groups excluding carboxylic acids is 1. The molecule has 1 N–H and O–H groups in total. The summed E-state index contributed by atoms with van der Waals surface area (Å²) in [6.07, 6.45) is 0.868. The molecule has 2 rings (SSSR count). The van der Waals surface area contributed by atoms with Crippen LogP contribution in [0.4, 0.5) is 0 Å². The number of benzene rings is 1. The highest BCUT2D eigenvalue weighted by Crippen LogP contribution is 2.28. The first kappa shape index (κ1) is 9.37. The largest absolute Gasteiger partial charge is 0.392 e. The SMILES string of the molecule is Cc1c(CO)cc2ccsc2c1C=O. The van der Waals surface area contributed by atoms with E-state index < -0.39 is 0 Å². The van der Waals surface area contributed by atoms with Crippen LogP contribution in [-0.4, -0.2) is 11.4 Å². The highest BCUT2D eigenvalue weighted by atomic mass is 32.1. The van der Waals surface area contributed by atoms with Crippen molar-refractivity contribution in [2.75, 3.05) is 0 Å². The molecule has 0 aliphatic carbocycles. The number of aldehydes is 1. The summed E-state index contributed by atoms with van der Waals surface area (Å²) in [7, 11) is 0. The van der Waals surface area contributed by atoms with Gasteiger partial charge < -0.3 is 5.11 Å². The molecule has 14 heavy (non-hydrogen) atoms. The Kier molecular flexibility index (Phi) is 2.35. The van der Waals surface area contributed by atoms with Crippen LogP contribution in [0.25, 0.3) is 10.1 Å². The number of hydrogen-bond donors (Lipinski definition) is 1. The van der Waals surface area contributed by atoms with Crippen molar-refractivity contribution in [3.05, 3.63) is 34.2 Å². The molecule has 1 aromatic heterocycles. The van der Waals surface area contributed by atoms with Crippen LogP contribution in [0, 0.1) is 6.92 Å². The molecule has 1 heterocycles. The van der Waals surface area contributed by atoms with Crippen molar-refractivity contribution < 1.29 is 9.90 Å². The van der Waals surface area contributed by atoms with Gasteiger partial charge in [-0.05, 0) is 40.9 Å². The Morgan fingerprint density at radius 3 is 3.00 bits per heavy atom. The lowest BCUT2D eigenvalue weighted by atomic mass is 10.0. The number of thiophene rings is 1. The van der Waals surface area contributed by atoms with Crippen molar-refractivity contribution in [1.82, 2.24) is 0 Å². The van der Waals surface area contributed by atoms with Crippen LogP contribution in [0.1, 0.15) is 21.5 Å². The lowest BCUT2D eigenvalue weighted by Crippen LogP contribution is -1.94. The minimum absolute atomic E-state index is 0.0154. The first-order chi connectivity index (χ1) is 6.77. The molecule has 2 nitrogen and oxygen atoms in total. The maximum absolute atomic E-state index is 10.9. The molecule has 0 saturated carbocycles. The Labute approximate surface area is 85.8 Å². The predicted octanol–water partition coefficient (Wildman–Crippen LogP) is 2.51. The van der Waals surface area contributed by atoms with E-state index in [-0.39, 0.29) is 6.61 Å². The molecule has 0 amide bonds. The van der Waals surface area contributed by atoms with E-state index in [4.69, 9.17) is 5.11 Å². The van der Waals surface area contributed by atoms with Gasteiger partial charge in [0.15, 0.2) is 6.29 Å². The number of rotatable bonds is 2. The minimum Gasteiger partial charge on any atom is -0.392 e. The fourth-order valence-electron chi connectivity index (χ4n) is 1.60. The second-order valence-corrected chi connectivity index (χ2v) is 4.11. The summed E-state index contributed by atoms with van der Waals surface area (Å²) in [6.45, 7) is 1.85. The van der Waals surface area contributed by atoms with E-state index in [1.807, 2.05) is 24.4 Å². The fourth-order valence-corrected chi connectivity index (χ4v) is 2.54. The topological polar surface area (TPSA) is 37.3 Å². The van der Waals surface area contributed by atoms with E-state index in [0.29, 0.717) is 5.56 Å². The van der Waals surface area contributed by atoms with E-state index in [2.05, 4.69) is 0 Å². The van der Waals surface area contributed by atoms with Crippen LogP contribution in [0.2, 0.25) is 0 Å². The van der Waals surface area contributed by atoms with Gasteiger partial charge >= 0.3 is 0 Å². The van der Waals surface area contributed by atoms with Crippen molar-refractivity contribution >= 4 is 27.7 Å². The third-order valence-electron chi connectivity index (χ3n) is 2.44. The average Bonchev–Trinajstić information content (AvgIpc) is 2.64. The van der Waals surface area contributed by atoms with Crippen LogP contribution in [0.15, 0.2) is 17.5 Å². The average molecular weight is 206 g/mol. The van der Waals surface area contributed by atoms with Gasteiger partial charge in [0.1, 0.15) is 0 Å². The zero-order chi connectivity index (χ0) is 10.1. The first-order valence-corrected chi connectivity index (χ1v) is 5.21. The Bertz CT molecular complexity index is 485. The Morgan fingerprint density at radius 1 is 1.57 bits per heavy atom. The fraction of sp³-hybridized carbons (Fsp3) is 0.182. The zero-order valence-corrected chi connectivity index (χ0v) is 8.60. The second kappa shape index (κ2) is 3.52. The van der Waals surface area contributed by atoms with E-state index in [0.717, 1.165) is 27.5 Å². The second-order valence-electron chi connectivity index (χ2n) is 3.19. The van der Waals surface area contributed by atoms with Crippen molar-refractivity contribution in [3.8, 4) is 0 Å². The van der Waals surface area contributed by atoms with Gasteiger partial charge in [0.2, 0.25) is 0 Å². The smallest absolute Gasteiger partial charge is 0.151 e. The van der Waals surface area contributed by atoms with Crippen LogP contribution >= 0.6 is 11.3 Å². The molecule has 0 saturated heterocycles. The van der Waals surface area contributed by atoms with Crippen molar-refractivity contribution in [3.63, 3.8) is 0 Å². The minimum atomic E-state index is -0.0154. The summed E-state index contributed by atoms with van der Waals surface area (Å²) in [6, 6.07) is 3.90. The van der Waals surface area contributed by atoms with Gasteiger partial charge in [-0.2, -0.15) is 0 Å². The van der Waals surface area contributed by atoms with Crippen molar-refractivity contribution in [1.29, 1.82) is 0 Å².